The van der Waals surface area contributed by atoms with Crippen LogP contribution in [0.2, 0.25) is 0 Å². The molecule has 1 N–H and O–H groups in total. The van der Waals surface area contributed by atoms with Gasteiger partial charge in [-0.05, 0) is 19.8 Å². The van der Waals surface area contributed by atoms with Crippen LogP contribution < -0.4 is 0 Å². The molecule has 1 amide bonds. The molecular formula is C9H15NO4. The predicted molar refractivity (Wildman–Crippen MR) is 49.0 cm³/mol. The molecule has 5 heteroatoms. The van der Waals surface area contributed by atoms with Crippen LogP contribution in [0.3, 0.4) is 0 Å². The van der Waals surface area contributed by atoms with E-state index in [1.54, 1.807) is 6.92 Å². The van der Waals surface area contributed by atoms with Gasteiger partial charge in [0.2, 0.25) is 0 Å². The number of hydrogen-bond acceptors (Lipinski definition) is 3. The Hall–Kier alpha value is -1.26. The highest BCUT2D eigenvalue weighted by atomic mass is 16.5. The molecule has 0 radical (unpaired) electrons. The molecule has 0 aromatic carbocycles. The third-order valence-corrected chi connectivity index (χ3v) is 2.82. The minimum absolute atomic E-state index is 0.377. The van der Waals surface area contributed by atoms with E-state index in [2.05, 4.69) is 4.74 Å². The van der Waals surface area contributed by atoms with Gasteiger partial charge < -0.3 is 14.7 Å². The first-order valence-corrected chi connectivity index (χ1v) is 4.56. The van der Waals surface area contributed by atoms with Crippen molar-refractivity contribution in [3.05, 3.63) is 0 Å². The van der Waals surface area contributed by atoms with Crippen molar-refractivity contribution in [2.75, 3.05) is 20.2 Å². The summed E-state index contributed by atoms with van der Waals surface area (Å²) in [5, 5.41) is 8.94. The van der Waals surface area contributed by atoms with Crippen molar-refractivity contribution >= 4 is 12.1 Å². The van der Waals surface area contributed by atoms with Crippen molar-refractivity contribution in [3.8, 4) is 0 Å². The van der Waals surface area contributed by atoms with Crippen LogP contribution in [0.15, 0.2) is 0 Å². The second-order valence-electron chi connectivity index (χ2n) is 3.82. The molecule has 0 aliphatic carbocycles. The highest BCUT2D eigenvalue weighted by Gasteiger charge is 2.38. The standard InChI is InChI=1S/C9H15NO4/c1-9(7(11)12)3-5-10(6-4-9)8(13)14-2/h3-6H2,1-2H3,(H,11,12). The fourth-order valence-corrected chi connectivity index (χ4v) is 1.53. The number of methoxy groups -OCH3 is 1. The van der Waals surface area contributed by atoms with Crippen LogP contribution in [0, 0.1) is 5.41 Å². The first-order valence-electron chi connectivity index (χ1n) is 4.56. The lowest BCUT2D eigenvalue weighted by molar-refractivity contribution is -0.150. The van der Waals surface area contributed by atoms with Crippen molar-refractivity contribution in [3.63, 3.8) is 0 Å². The minimum atomic E-state index is -0.790. The van der Waals surface area contributed by atoms with Crippen LogP contribution >= 0.6 is 0 Å². The molecule has 1 fully saturated rings. The molecule has 0 saturated carbocycles. The van der Waals surface area contributed by atoms with Crippen molar-refractivity contribution in [2.24, 2.45) is 5.41 Å². The number of ether oxygens (including phenoxy) is 1. The Labute approximate surface area is 82.6 Å². The molecule has 1 aliphatic rings. The Morgan fingerprint density at radius 3 is 2.21 bits per heavy atom. The summed E-state index contributed by atoms with van der Waals surface area (Å²) in [4.78, 5) is 23.5. The van der Waals surface area contributed by atoms with Crippen molar-refractivity contribution in [2.45, 2.75) is 19.8 Å². The number of rotatable bonds is 1. The monoisotopic (exact) mass is 201 g/mol. The predicted octanol–water partition coefficient (Wildman–Crippen LogP) is 0.940. The van der Waals surface area contributed by atoms with Gasteiger partial charge in [0.15, 0.2) is 0 Å². The average molecular weight is 201 g/mol. The maximum Gasteiger partial charge on any atom is 0.409 e. The molecule has 1 saturated heterocycles. The number of carbonyl (C=O) groups excluding carboxylic acids is 1. The zero-order valence-corrected chi connectivity index (χ0v) is 8.45. The van der Waals surface area contributed by atoms with Gasteiger partial charge in [-0.15, -0.1) is 0 Å². The van der Waals surface area contributed by atoms with Crippen LogP contribution in [0.25, 0.3) is 0 Å². The molecule has 5 nitrogen and oxygen atoms in total. The van der Waals surface area contributed by atoms with Crippen LogP contribution in [-0.2, 0) is 9.53 Å². The van der Waals surface area contributed by atoms with Gasteiger partial charge in [0, 0.05) is 13.1 Å². The van der Waals surface area contributed by atoms with Crippen LogP contribution in [0.1, 0.15) is 19.8 Å². The van der Waals surface area contributed by atoms with Crippen LogP contribution in [-0.4, -0.2) is 42.3 Å². The Morgan fingerprint density at radius 2 is 1.86 bits per heavy atom. The lowest BCUT2D eigenvalue weighted by Crippen LogP contribution is -2.45. The zero-order valence-electron chi connectivity index (χ0n) is 8.45. The van der Waals surface area contributed by atoms with Gasteiger partial charge in [0.1, 0.15) is 0 Å². The number of carboxylic acid groups (broad SMARTS) is 1. The van der Waals surface area contributed by atoms with Crippen LogP contribution in [0.5, 0.6) is 0 Å². The molecule has 0 spiro atoms. The van der Waals surface area contributed by atoms with E-state index in [4.69, 9.17) is 5.11 Å². The zero-order chi connectivity index (χ0) is 10.8. The number of piperidine rings is 1. The smallest absolute Gasteiger partial charge is 0.409 e. The van der Waals surface area contributed by atoms with E-state index in [9.17, 15) is 9.59 Å². The first-order chi connectivity index (χ1) is 6.49. The van der Waals surface area contributed by atoms with E-state index >= 15 is 0 Å². The fraction of sp³-hybridized carbons (Fsp3) is 0.778. The molecule has 0 bridgehead atoms. The molecule has 0 atom stereocenters. The van der Waals surface area contributed by atoms with Crippen molar-refractivity contribution in [1.29, 1.82) is 0 Å². The maximum absolute atomic E-state index is 11.1. The van der Waals surface area contributed by atoms with Gasteiger partial charge in [-0.25, -0.2) is 4.79 Å². The highest BCUT2D eigenvalue weighted by Crippen LogP contribution is 2.31. The number of likely N-dealkylation sites (tertiary alicyclic amines) is 1. The molecule has 1 heterocycles. The third kappa shape index (κ3) is 1.97. The quantitative estimate of drug-likeness (QED) is 0.685. The number of amides is 1. The summed E-state index contributed by atoms with van der Waals surface area (Å²) in [5.41, 5.74) is -0.690. The Balaban J connectivity index is 2.54. The second kappa shape index (κ2) is 3.86. The summed E-state index contributed by atoms with van der Waals surface area (Å²) in [6.45, 7) is 2.62. The van der Waals surface area contributed by atoms with E-state index in [0.717, 1.165) is 0 Å². The largest absolute Gasteiger partial charge is 0.481 e. The Morgan fingerprint density at radius 1 is 1.36 bits per heavy atom. The Bertz CT molecular complexity index is 243. The topological polar surface area (TPSA) is 66.8 Å². The molecule has 14 heavy (non-hydrogen) atoms. The molecular weight excluding hydrogens is 186 g/mol. The summed E-state index contributed by atoms with van der Waals surface area (Å²) in [5.74, 6) is -0.790. The van der Waals surface area contributed by atoms with Crippen LogP contribution in [0.4, 0.5) is 4.79 Å². The fourth-order valence-electron chi connectivity index (χ4n) is 1.53. The van der Waals surface area contributed by atoms with E-state index < -0.39 is 11.4 Å². The Kier molecular flexibility index (Phi) is 2.98. The van der Waals surface area contributed by atoms with E-state index in [0.29, 0.717) is 25.9 Å². The SMILES string of the molecule is COC(=O)N1CCC(C)(C(=O)O)CC1. The van der Waals surface area contributed by atoms with Crippen molar-refractivity contribution < 1.29 is 19.4 Å². The third-order valence-electron chi connectivity index (χ3n) is 2.82. The summed E-state index contributed by atoms with van der Waals surface area (Å²) in [6.07, 6.45) is 0.590. The van der Waals surface area contributed by atoms with E-state index in [-0.39, 0.29) is 6.09 Å². The van der Waals surface area contributed by atoms with Gasteiger partial charge in [-0.3, -0.25) is 4.79 Å². The average Bonchev–Trinajstić information content (AvgIpc) is 2.17. The number of hydrogen-bond donors (Lipinski definition) is 1. The van der Waals surface area contributed by atoms with Gasteiger partial charge in [0.25, 0.3) is 0 Å². The molecule has 80 valence electrons. The molecule has 1 rings (SSSR count). The lowest BCUT2D eigenvalue weighted by atomic mass is 9.81. The number of nitrogens with zero attached hydrogens (tertiary/aromatic N) is 1. The first kappa shape index (κ1) is 10.8. The van der Waals surface area contributed by atoms with Gasteiger partial charge >= 0.3 is 12.1 Å². The maximum atomic E-state index is 11.1. The molecule has 0 aromatic rings. The highest BCUT2D eigenvalue weighted by molar-refractivity contribution is 5.75. The summed E-state index contributed by atoms with van der Waals surface area (Å²) in [6, 6.07) is 0. The molecule has 0 unspecified atom stereocenters. The second-order valence-corrected chi connectivity index (χ2v) is 3.82. The minimum Gasteiger partial charge on any atom is -0.481 e. The molecule has 0 aromatic heterocycles. The van der Waals surface area contributed by atoms with Gasteiger partial charge in [0.05, 0.1) is 12.5 Å². The van der Waals surface area contributed by atoms with Gasteiger partial charge in [-0.1, -0.05) is 0 Å². The summed E-state index contributed by atoms with van der Waals surface area (Å²) in [7, 11) is 1.33. The van der Waals surface area contributed by atoms with Gasteiger partial charge in [-0.2, -0.15) is 0 Å². The number of aliphatic carboxylic acids is 1. The van der Waals surface area contributed by atoms with E-state index in [1.165, 1.54) is 12.0 Å². The summed E-state index contributed by atoms with van der Waals surface area (Å²) < 4.78 is 4.56. The normalized spacial score (nSPS) is 20.3. The number of carboxylic acids is 1. The number of carbonyl (C=O) groups is 2. The van der Waals surface area contributed by atoms with E-state index in [1.807, 2.05) is 0 Å². The lowest BCUT2D eigenvalue weighted by Gasteiger charge is -2.35. The molecule has 1 aliphatic heterocycles. The summed E-state index contributed by atoms with van der Waals surface area (Å²) >= 11 is 0. The van der Waals surface area contributed by atoms with Crippen molar-refractivity contribution in [1.82, 2.24) is 4.90 Å².